The molecule has 212 valence electrons. The molecule has 0 radical (unpaired) electrons. The largest absolute Gasteiger partial charge is 0.465 e. The molecule has 3 aliphatic heterocycles. The molecule has 3 saturated heterocycles. The number of ether oxygens (including phenoxy) is 1. The van der Waals surface area contributed by atoms with Crippen LogP contribution in [0.4, 0.5) is 5.69 Å². The van der Waals surface area contributed by atoms with E-state index in [1.807, 2.05) is 45.0 Å². The fourth-order valence-corrected chi connectivity index (χ4v) is 9.34. The number of hydrogen-bond donors (Lipinski definition) is 1. The lowest BCUT2D eigenvalue weighted by atomic mass is 9.66. The highest BCUT2D eigenvalue weighted by atomic mass is 32.2. The summed E-state index contributed by atoms with van der Waals surface area (Å²) < 4.78 is 4.47. The molecule has 1 N–H and O–H groups in total. The molecule has 4 rings (SSSR count). The van der Waals surface area contributed by atoms with E-state index in [1.54, 1.807) is 34.6 Å². The lowest BCUT2D eigenvalue weighted by Crippen LogP contribution is -2.57. The van der Waals surface area contributed by atoms with Crippen molar-refractivity contribution in [2.75, 3.05) is 24.7 Å². The second-order valence-corrected chi connectivity index (χ2v) is 13.3. The second-order valence-electron chi connectivity index (χ2n) is 11.4. The second kappa shape index (κ2) is 11.5. The number of anilines is 1. The summed E-state index contributed by atoms with van der Waals surface area (Å²) in [4.78, 5) is 45.7. The van der Waals surface area contributed by atoms with Crippen molar-refractivity contribution in [1.29, 1.82) is 0 Å². The molecular weight excluding hydrogens is 512 g/mol. The molecule has 0 aromatic heterocycles. The maximum Gasteiger partial charge on any atom is 0.311 e. The normalized spacial score (nSPS) is 29.7. The third-order valence-corrected chi connectivity index (χ3v) is 10.8. The number of thioether (sulfide) groups is 1. The average Bonchev–Trinajstić information content (AvgIpc) is 3.47. The van der Waals surface area contributed by atoms with E-state index in [4.69, 9.17) is 4.74 Å². The van der Waals surface area contributed by atoms with Gasteiger partial charge in [-0.2, -0.15) is 0 Å². The standard InChI is InChI=1S/C31H42N2O5S/c1-7-9-10-11-18-38-29(37)24-23-27(35)33(22(5)19-34)26(31(23)16-15-30(24,6)39-31)28(36)32(17-8-2)25-20(3)13-12-14-21(25)4/h7-8,12-14,22-24,26,34H,1-2,9-11,15-19H2,3-6H3/t22-,23+,24-,26?,30+,31?/m1/s1. The Morgan fingerprint density at radius 1 is 1.23 bits per heavy atom. The predicted molar refractivity (Wildman–Crippen MR) is 156 cm³/mol. The van der Waals surface area contributed by atoms with Gasteiger partial charge in [0.15, 0.2) is 0 Å². The van der Waals surface area contributed by atoms with Crippen LogP contribution in [0.2, 0.25) is 0 Å². The maximum atomic E-state index is 14.7. The van der Waals surface area contributed by atoms with Crippen molar-refractivity contribution in [1.82, 2.24) is 4.90 Å². The number of carbonyl (C=O) groups is 3. The van der Waals surface area contributed by atoms with Gasteiger partial charge in [-0.3, -0.25) is 14.4 Å². The molecule has 2 amide bonds. The summed E-state index contributed by atoms with van der Waals surface area (Å²) in [6.07, 6.45) is 7.38. The van der Waals surface area contributed by atoms with E-state index in [2.05, 4.69) is 13.2 Å². The number of likely N-dealkylation sites (tertiary alicyclic amines) is 1. The highest BCUT2D eigenvalue weighted by Crippen LogP contribution is 2.71. The van der Waals surface area contributed by atoms with E-state index in [0.29, 0.717) is 19.4 Å². The minimum atomic E-state index is -0.812. The predicted octanol–water partition coefficient (Wildman–Crippen LogP) is 4.58. The minimum absolute atomic E-state index is 0.196. The third-order valence-electron chi connectivity index (χ3n) is 8.78. The lowest BCUT2D eigenvalue weighted by Gasteiger charge is -2.39. The number of aliphatic hydroxyl groups is 1. The molecule has 1 spiro atoms. The van der Waals surface area contributed by atoms with Crippen LogP contribution >= 0.6 is 11.8 Å². The van der Waals surface area contributed by atoms with Crippen LogP contribution in [-0.2, 0) is 19.1 Å². The Bertz CT molecular complexity index is 1130. The van der Waals surface area contributed by atoms with Gasteiger partial charge < -0.3 is 19.6 Å². The summed E-state index contributed by atoms with van der Waals surface area (Å²) in [7, 11) is 0. The number of para-hydroxylation sites is 1. The van der Waals surface area contributed by atoms with Gasteiger partial charge in [-0.05, 0) is 70.9 Å². The first kappa shape index (κ1) is 29.4. The van der Waals surface area contributed by atoms with Gasteiger partial charge in [-0.15, -0.1) is 24.9 Å². The van der Waals surface area contributed by atoms with Crippen LogP contribution in [0.3, 0.4) is 0 Å². The van der Waals surface area contributed by atoms with Crippen LogP contribution in [0.1, 0.15) is 57.1 Å². The number of allylic oxidation sites excluding steroid dienone is 1. The van der Waals surface area contributed by atoms with Crippen molar-refractivity contribution in [2.45, 2.75) is 81.4 Å². The summed E-state index contributed by atoms with van der Waals surface area (Å²) in [6.45, 7) is 15.7. The number of fused-ring (bicyclic) bond motifs is 1. The molecule has 2 unspecified atom stereocenters. The van der Waals surface area contributed by atoms with Crippen LogP contribution < -0.4 is 4.90 Å². The number of rotatable bonds is 12. The zero-order valence-corrected chi connectivity index (χ0v) is 24.5. The Balaban J connectivity index is 1.74. The van der Waals surface area contributed by atoms with E-state index in [1.165, 1.54) is 0 Å². The summed E-state index contributed by atoms with van der Waals surface area (Å²) in [5, 5.41) is 10.2. The van der Waals surface area contributed by atoms with Crippen molar-refractivity contribution in [3.05, 3.63) is 54.6 Å². The van der Waals surface area contributed by atoms with Gasteiger partial charge in [0.1, 0.15) is 6.04 Å². The number of aliphatic hydroxyl groups excluding tert-OH is 1. The lowest BCUT2D eigenvalue weighted by molar-refractivity contribution is -0.156. The summed E-state index contributed by atoms with van der Waals surface area (Å²) in [6, 6.07) is 4.52. The molecule has 39 heavy (non-hydrogen) atoms. The molecule has 2 bridgehead atoms. The van der Waals surface area contributed by atoms with Gasteiger partial charge in [-0.25, -0.2) is 0 Å². The molecule has 1 aromatic carbocycles. The molecule has 0 saturated carbocycles. The van der Waals surface area contributed by atoms with E-state index < -0.39 is 33.4 Å². The number of esters is 1. The van der Waals surface area contributed by atoms with Crippen LogP contribution in [0.25, 0.3) is 0 Å². The average molecular weight is 555 g/mol. The third kappa shape index (κ3) is 4.84. The van der Waals surface area contributed by atoms with Crippen LogP contribution in [0, 0.1) is 25.7 Å². The Morgan fingerprint density at radius 2 is 1.92 bits per heavy atom. The number of carbonyl (C=O) groups excluding carboxylic acids is 3. The first-order chi connectivity index (χ1) is 18.6. The Morgan fingerprint density at radius 3 is 2.54 bits per heavy atom. The molecule has 3 heterocycles. The zero-order chi connectivity index (χ0) is 28.5. The van der Waals surface area contributed by atoms with E-state index >= 15 is 0 Å². The monoisotopic (exact) mass is 554 g/mol. The fraction of sp³-hybridized carbons (Fsp3) is 0.581. The van der Waals surface area contributed by atoms with Gasteiger partial charge >= 0.3 is 5.97 Å². The summed E-state index contributed by atoms with van der Waals surface area (Å²) >= 11 is 1.61. The van der Waals surface area contributed by atoms with Crippen molar-refractivity contribution in [3.63, 3.8) is 0 Å². The zero-order valence-electron chi connectivity index (χ0n) is 23.7. The molecule has 7 nitrogen and oxygen atoms in total. The number of hydrogen-bond acceptors (Lipinski definition) is 6. The molecule has 6 atom stereocenters. The van der Waals surface area contributed by atoms with Gasteiger partial charge in [0.25, 0.3) is 5.91 Å². The van der Waals surface area contributed by atoms with E-state index in [0.717, 1.165) is 36.1 Å². The first-order valence-corrected chi connectivity index (χ1v) is 14.8. The number of nitrogens with zero attached hydrogens (tertiary/aromatic N) is 2. The summed E-state index contributed by atoms with van der Waals surface area (Å²) in [5.74, 6) is -2.10. The quantitative estimate of drug-likeness (QED) is 0.231. The van der Waals surface area contributed by atoms with Crippen LogP contribution in [-0.4, -0.2) is 69.1 Å². The molecular formula is C31H42N2O5S. The van der Waals surface area contributed by atoms with Crippen LogP contribution in [0.5, 0.6) is 0 Å². The highest BCUT2D eigenvalue weighted by Gasteiger charge is 2.78. The van der Waals surface area contributed by atoms with Gasteiger partial charge in [0, 0.05) is 17.0 Å². The first-order valence-electron chi connectivity index (χ1n) is 14.0. The smallest absolute Gasteiger partial charge is 0.311 e. The number of amides is 2. The van der Waals surface area contributed by atoms with Crippen LogP contribution in [0.15, 0.2) is 43.5 Å². The minimum Gasteiger partial charge on any atom is -0.465 e. The Kier molecular flexibility index (Phi) is 8.67. The van der Waals surface area contributed by atoms with E-state index in [9.17, 15) is 19.5 Å². The molecule has 0 aliphatic carbocycles. The number of aryl methyl sites for hydroxylation is 2. The number of unbranched alkanes of at least 4 members (excludes halogenated alkanes) is 2. The molecule has 8 heteroatoms. The van der Waals surface area contributed by atoms with Gasteiger partial charge in [-0.1, -0.05) is 30.4 Å². The van der Waals surface area contributed by atoms with Gasteiger partial charge in [0.2, 0.25) is 5.91 Å². The molecule has 1 aromatic rings. The molecule has 3 aliphatic rings. The topological polar surface area (TPSA) is 87.1 Å². The van der Waals surface area contributed by atoms with Crippen molar-refractivity contribution < 1.29 is 24.2 Å². The number of benzene rings is 1. The van der Waals surface area contributed by atoms with Crippen molar-refractivity contribution in [2.24, 2.45) is 11.8 Å². The fourth-order valence-electron chi connectivity index (χ4n) is 7.02. The SMILES string of the molecule is C=CCCCCOC(=O)[C@H]1[C@H]2C(=O)N([C@H](C)CO)C(C(=O)N(CC=C)c3c(C)cccc3C)C23CC[C@]1(C)S3. The maximum absolute atomic E-state index is 14.7. The highest BCUT2D eigenvalue weighted by molar-refractivity contribution is 8.02. The van der Waals surface area contributed by atoms with Crippen molar-refractivity contribution >= 4 is 35.2 Å². The Labute approximate surface area is 236 Å². The van der Waals surface area contributed by atoms with Gasteiger partial charge in [0.05, 0.1) is 35.8 Å². The summed E-state index contributed by atoms with van der Waals surface area (Å²) in [5.41, 5.74) is 2.72. The molecule has 3 fully saturated rings. The Hall–Kier alpha value is -2.58. The van der Waals surface area contributed by atoms with Crippen molar-refractivity contribution in [3.8, 4) is 0 Å². The van der Waals surface area contributed by atoms with E-state index in [-0.39, 0.29) is 30.9 Å².